The minimum absolute atomic E-state index is 0.129. The van der Waals surface area contributed by atoms with Crippen LogP contribution in [0.2, 0.25) is 0 Å². The molecule has 0 aliphatic rings. The first-order chi connectivity index (χ1) is 8.99. The van der Waals surface area contributed by atoms with E-state index in [4.69, 9.17) is 5.11 Å². The van der Waals surface area contributed by atoms with E-state index >= 15 is 0 Å². The summed E-state index contributed by atoms with van der Waals surface area (Å²) >= 11 is 2.89. The topological polar surface area (TPSA) is 80.9 Å². The summed E-state index contributed by atoms with van der Waals surface area (Å²) in [4.78, 5) is 10.5. The van der Waals surface area contributed by atoms with Crippen LogP contribution in [0.1, 0.15) is 17.8 Å². The third-order valence-corrected chi connectivity index (χ3v) is 4.75. The van der Waals surface area contributed by atoms with Gasteiger partial charge >= 0.3 is 5.97 Å². The zero-order valence-electron chi connectivity index (χ0n) is 10.9. The number of rotatable bonds is 5. The zero-order valence-corrected chi connectivity index (χ0v) is 12.5. The number of carboxylic acid groups (broad SMARTS) is 1. The minimum Gasteiger partial charge on any atom is -0.481 e. The van der Waals surface area contributed by atoms with Gasteiger partial charge in [-0.15, -0.1) is 10.2 Å². The van der Waals surface area contributed by atoms with E-state index in [9.17, 15) is 4.79 Å². The number of carbonyl (C=O) groups is 1. The average Bonchev–Trinajstić information content (AvgIpc) is 2.85. The van der Waals surface area contributed by atoms with Crippen LogP contribution >= 0.6 is 23.1 Å². The molecule has 0 unspecified atom stereocenters. The van der Waals surface area contributed by atoms with Crippen molar-refractivity contribution in [1.29, 1.82) is 0 Å². The molecule has 0 saturated carbocycles. The van der Waals surface area contributed by atoms with Crippen LogP contribution in [0, 0.1) is 13.8 Å². The molecule has 6 nitrogen and oxygen atoms in total. The second kappa shape index (κ2) is 5.70. The molecule has 1 N–H and O–H groups in total. The molecular formula is C11H14N4O2S2. The lowest BCUT2D eigenvalue weighted by atomic mass is 10.2. The van der Waals surface area contributed by atoms with Crippen molar-refractivity contribution in [2.45, 2.75) is 24.6 Å². The molecule has 0 amide bonds. The summed E-state index contributed by atoms with van der Waals surface area (Å²) in [7, 11) is 1.90. The van der Waals surface area contributed by atoms with Gasteiger partial charge in [-0.2, -0.15) is 5.10 Å². The Morgan fingerprint density at radius 3 is 2.74 bits per heavy atom. The fraction of sp³-hybridized carbons (Fsp3) is 0.455. The van der Waals surface area contributed by atoms with Crippen molar-refractivity contribution in [3.05, 3.63) is 11.4 Å². The molecule has 2 aromatic heterocycles. The van der Waals surface area contributed by atoms with Crippen molar-refractivity contribution >= 4 is 29.1 Å². The standard InChI is InChI=1S/C11H14N4O2S2/c1-6-9(7(2)15(3)14-6)10-12-13-11(19-10)18-5-4-8(16)17/h4-5H2,1-3H3,(H,16,17). The van der Waals surface area contributed by atoms with Gasteiger partial charge in [0.05, 0.1) is 17.7 Å². The van der Waals surface area contributed by atoms with Crippen molar-refractivity contribution in [2.24, 2.45) is 7.05 Å². The number of aryl methyl sites for hydroxylation is 2. The molecule has 0 saturated heterocycles. The van der Waals surface area contributed by atoms with E-state index in [1.54, 1.807) is 0 Å². The Morgan fingerprint density at radius 2 is 2.16 bits per heavy atom. The molecule has 0 atom stereocenters. The first-order valence-electron chi connectivity index (χ1n) is 5.67. The van der Waals surface area contributed by atoms with Gasteiger partial charge in [0.1, 0.15) is 0 Å². The predicted octanol–water partition coefficient (Wildman–Crippen LogP) is 2.12. The molecule has 0 aromatic carbocycles. The van der Waals surface area contributed by atoms with Gasteiger partial charge in [-0.3, -0.25) is 9.48 Å². The van der Waals surface area contributed by atoms with Crippen molar-refractivity contribution in [3.63, 3.8) is 0 Å². The lowest BCUT2D eigenvalue weighted by Gasteiger charge is -1.95. The highest BCUT2D eigenvalue weighted by Gasteiger charge is 2.16. The average molecular weight is 298 g/mol. The third kappa shape index (κ3) is 3.13. The van der Waals surface area contributed by atoms with Crippen molar-refractivity contribution < 1.29 is 9.90 Å². The van der Waals surface area contributed by atoms with Gasteiger partial charge < -0.3 is 5.11 Å². The maximum atomic E-state index is 10.5. The maximum Gasteiger partial charge on any atom is 0.304 e. The Labute approximate surface area is 118 Å². The van der Waals surface area contributed by atoms with Gasteiger partial charge in [0.2, 0.25) is 0 Å². The molecule has 0 aliphatic heterocycles. The summed E-state index contributed by atoms with van der Waals surface area (Å²) in [5.74, 6) is -0.286. The summed E-state index contributed by atoms with van der Waals surface area (Å²) in [5.41, 5.74) is 3.00. The lowest BCUT2D eigenvalue weighted by Crippen LogP contribution is -1.95. The first-order valence-corrected chi connectivity index (χ1v) is 7.48. The highest BCUT2D eigenvalue weighted by molar-refractivity contribution is 8.01. The van der Waals surface area contributed by atoms with E-state index in [1.807, 2.05) is 25.6 Å². The van der Waals surface area contributed by atoms with Gasteiger partial charge in [-0.1, -0.05) is 23.1 Å². The van der Waals surface area contributed by atoms with Crippen LogP contribution in [0.5, 0.6) is 0 Å². The first kappa shape index (κ1) is 14.0. The van der Waals surface area contributed by atoms with Gasteiger partial charge in [0.15, 0.2) is 9.35 Å². The van der Waals surface area contributed by atoms with Gasteiger partial charge in [-0.25, -0.2) is 0 Å². The quantitative estimate of drug-likeness (QED) is 0.852. The molecule has 19 heavy (non-hydrogen) atoms. The molecule has 102 valence electrons. The molecule has 8 heteroatoms. The monoisotopic (exact) mass is 298 g/mol. The van der Waals surface area contributed by atoms with Gasteiger partial charge in [0, 0.05) is 18.5 Å². The Morgan fingerprint density at radius 1 is 1.42 bits per heavy atom. The summed E-state index contributed by atoms with van der Waals surface area (Å²) in [6.45, 7) is 3.94. The molecule has 0 bridgehead atoms. The van der Waals surface area contributed by atoms with Crippen LogP contribution in [0.3, 0.4) is 0 Å². The number of carboxylic acids is 1. The predicted molar refractivity (Wildman–Crippen MR) is 74.6 cm³/mol. The Balaban J connectivity index is 2.14. The molecule has 0 fully saturated rings. The number of aromatic nitrogens is 4. The van der Waals surface area contributed by atoms with E-state index in [-0.39, 0.29) is 6.42 Å². The number of aliphatic carboxylic acids is 1. The fourth-order valence-electron chi connectivity index (χ4n) is 1.68. The van der Waals surface area contributed by atoms with Gasteiger partial charge in [0.25, 0.3) is 0 Å². The fourth-order valence-corrected chi connectivity index (χ4v) is 3.68. The molecule has 2 rings (SSSR count). The van der Waals surface area contributed by atoms with E-state index in [0.29, 0.717) is 5.75 Å². The second-order valence-electron chi connectivity index (χ2n) is 4.03. The summed E-state index contributed by atoms with van der Waals surface area (Å²) in [6.07, 6.45) is 0.129. The molecule has 2 heterocycles. The van der Waals surface area contributed by atoms with E-state index in [0.717, 1.165) is 26.3 Å². The van der Waals surface area contributed by atoms with Crippen LogP contribution in [-0.2, 0) is 11.8 Å². The molecule has 0 radical (unpaired) electrons. The normalized spacial score (nSPS) is 10.9. The van der Waals surface area contributed by atoms with Crippen LogP contribution < -0.4 is 0 Å². The highest BCUT2D eigenvalue weighted by atomic mass is 32.2. The van der Waals surface area contributed by atoms with Crippen molar-refractivity contribution in [3.8, 4) is 10.6 Å². The van der Waals surface area contributed by atoms with Crippen LogP contribution in [0.25, 0.3) is 10.6 Å². The molecule has 0 aliphatic carbocycles. The highest BCUT2D eigenvalue weighted by Crippen LogP contribution is 2.32. The van der Waals surface area contributed by atoms with E-state index < -0.39 is 5.97 Å². The molecule has 2 aromatic rings. The molecular weight excluding hydrogens is 284 g/mol. The number of hydrogen-bond acceptors (Lipinski definition) is 6. The number of nitrogens with zero attached hydrogens (tertiary/aromatic N) is 4. The molecule has 0 spiro atoms. The van der Waals surface area contributed by atoms with Crippen molar-refractivity contribution in [2.75, 3.05) is 5.75 Å². The van der Waals surface area contributed by atoms with E-state index in [2.05, 4.69) is 15.3 Å². The van der Waals surface area contributed by atoms with Gasteiger partial charge in [-0.05, 0) is 13.8 Å². The summed E-state index contributed by atoms with van der Waals surface area (Å²) in [6, 6.07) is 0. The SMILES string of the molecule is Cc1nn(C)c(C)c1-c1nnc(SCCC(=O)O)s1. The summed E-state index contributed by atoms with van der Waals surface area (Å²) < 4.78 is 2.61. The Kier molecular flexibility index (Phi) is 4.20. The van der Waals surface area contributed by atoms with Crippen molar-refractivity contribution in [1.82, 2.24) is 20.0 Å². The van der Waals surface area contributed by atoms with Crippen LogP contribution in [0.4, 0.5) is 0 Å². The Bertz CT molecular complexity index is 606. The minimum atomic E-state index is -0.795. The van der Waals surface area contributed by atoms with E-state index in [1.165, 1.54) is 23.1 Å². The third-order valence-electron chi connectivity index (χ3n) is 2.67. The van der Waals surface area contributed by atoms with Crippen LogP contribution in [0.15, 0.2) is 4.34 Å². The zero-order chi connectivity index (χ0) is 14.0. The summed E-state index contributed by atoms with van der Waals surface area (Å²) in [5, 5.41) is 22.0. The largest absolute Gasteiger partial charge is 0.481 e. The second-order valence-corrected chi connectivity index (χ2v) is 6.35. The Hall–Kier alpha value is -1.41. The maximum absolute atomic E-state index is 10.5. The van der Waals surface area contributed by atoms with Crippen LogP contribution in [-0.4, -0.2) is 36.8 Å². The number of hydrogen-bond donors (Lipinski definition) is 1. The smallest absolute Gasteiger partial charge is 0.304 e. The number of thioether (sulfide) groups is 1. The lowest BCUT2D eigenvalue weighted by molar-refractivity contribution is -0.136.